The number of benzene rings is 1. The van der Waals surface area contributed by atoms with Gasteiger partial charge >= 0.3 is 0 Å². The summed E-state index contributed by atoms with van der Waals surface area (Å²) in [5, 5.41) is 6.93. The quantitative estimate of drug-likeness (QED) is 0.748. The Bertz CT molecular complexity index is 503. The molecule has 1 atom stereocenters. The van der Waals surface area contributed by atoms with Crippen molar-refractivity contribution in [1.82, 2.24) is 10.6 Å². The van der Waals surface area contributed by atoms with Gasteiger partial charge in [-0.25, -0.2) is 0 Å². The van der Waals surface area contributed by atoms with Crippen LogP contribution in [0, 0.1) is 6.92 Å². The topological polar surface area (TPSA) is 44.4 Å². The summed E-state index contributed by atoms with van der Waals surface area (Å²) in [4.78, 5) is 14.4. The number of rotatable bonds is 0. The molecule has 0 bridgehead atoms. The molecule has 1 aromatic rings. The highest BCUT2D eigenvalue weighted by molar-refractivity contribution is 6.35. The molecule has 0 unspecified atom stereocenters. The molecule has 18 heavy (non-hydrogen) atoms. The average Bonchev–Trinajstić information content (AvgIpc) is 2.58. The molecule has 0 aromatic heterocycles. The molecule has 5 heteroatoms. The number of fused-ring (bicyclic) bond motifs is 3. The van der Waals surface area contributed by atoms with E-state index in [1.807, 2.05) is 13.0 Å². The van der Waals surface area contributed by atoms with Gasteiger partial charge in [-0.1, -0.05) is 17.7 Å². The van der Waals surface area contributed by atoms with Crippen LogP contribution in [0.1, 0.15) is 22.3 Å². The van der Waals surface area contributed by atoms with Crippen molar-refractivity contribution in [2.45, 2.75) is 19.5 Å². The Labute approximate surface area is 111 Å². The van der Waals surface area contributed by atoms with Gasteiger partial charge in [-0.05, 0) is 31.5 Å². The van der Waals surface area contributed by atoms with Crippen LogP contribution in [0.2, 0.25) is 5.02 Å². The molecule has 2 heterocycles. The van der Waals surface area contributed by atoms with Crippen LogP contribution in [-0.2, 0) is 0 Å². The van der Waals surface area contributed by atoms with E-state index >= 15 is 0 Å². The number of hydrogen-bond acceptors (Lipinski definition) is 3. The fraction of sp³-hybridized carbons (Fsp3) is 0.462. The molecule has 1 fully saturated rings. The Balaban J connectivity index is 2.15. The highest BCUT2D eigenvalue weighted by atomic mass is 35.5. The van der Waals surface area contributed by atoms with E-state index < -0.39 is 0 Å². The van der Waals surface area contributed by atoms with Crippen molar-refractivity contribution in [3.63, 3.8) is 0 Å². The zero-order chi connectivity index (χ0) is 12.7. The minimum Gasteiger partial charge on any atom is -0.349 e. The summed E-state index contributed by atoms with van der Waals surface area (Å²) in [6.45, 7) is 4.77. The zero-order valence-corrected chi connectivity index (χ0v) is 11.0. The molecule has 0 radical (unpaired) electrons. The standard InChI is InChI=1S/C13H16ClN3O/c1-8-2-3-9(14)11-12(8)17-7-6-15-5-4-10(17)16-13(11)18/h2-3,10,15H,4-7H2,1H3,(H,16,18)/t10-/m0/s1. The molecule has 2 aliphatic heterocycles. The second-order valence-electron chi connectivity index (χ2n) is 4.81. The van der Waals surface area contributed by atoms with E-state index in [2.05, 4.69) is 15.5 Å². The van der Waals surface area contributed by atoms with Crippen LogP contribution in [0.5, 0.6) is 0 Å². The first-order valence-corrected chi connectivity index (χ1v) is 6.63. The maximum atomic E-state index is 12.2. The van der Waals surface area contributed by atoms with Gasteiger partial charge in [-0.3, -0.25) is 4.79 Å². The molecule has 0 aliphatic carbocycles. The molecule has 1 aromatic carbocycles. The molecule has 2 N–H and O–H groups in total. The number of anilines is 1. The second-order valence-corrected chi connectivity index (χ2v) is 5.22. The molecule has 2 aliphatic rings. The highest BCUT2D eigenvalue weighted by Crippen LogP contribution is 2.35. The van der Waals surface area contributed by atoms with Gasteiger partial charge in [0.2, 0.25) is 0 Å². The zero-order valence-electron chi connectivity index (χ0n) is 10.3. The summed E-state index contributed by atoms with van der Waals surface area (Å²) < 4.78 is 0. The van der Waals surface area contributed by atoms with E-state index in [0.717, 1.165) is 37.3 Å². The number of carbonyl (C=O) groups excluding carboxylic acids is 1. The molecule has 0 spiro atoms. The van der Waals surface area contributed by atoms with Crippen LogP contribution in [0.25, 0.3) is 0 Å². The van der Waals surface area contributed by atoms with E-state index in [-0.39, 0.29) is 12.1 Å². The van der Waals surface area contributed by atoms with Crippen LogP contribution >= 0.6 is 11.6 Å². The predicted molar refractivity (Wildman–Crippen MR) is 72.3 cm³/mol. The summed E-state index contributed by atoms with van der Waals surface area (Å²) in [5.74, 6) is -0.0538. The lowest BCUT2D eigenvalue weighted by molar-refractivity contribution is 0.0926. The van der Waals surface area contributed by atoms with Crippen molar-refractivity contribution in [2.24, 2.45) is 0 Å². The number of halogens is 1. The smallest absolute Gasteiger partial charge is 0.256 e. The van der Waals surface area contributed by atoms with Crippen molar-refractivity contribution in [1.29, 1.82) is 0 Å². The second kappa shape index (κ2) is 4.44. The maximum Gasteiger partial charge on any atom is 0.256 e. The molecule has 1 amide bonds. The molecular formula is C13H16ClN3O. The van der Waals surface area contributed by atoms with Crippen molar-refractivity contribution in [3.8, 4) is 0 Å². The monoisotopic (exact) mass is 265 g/mol. The Morgan fingerprint density at radius 2 is 2.22 bits per heavy atom. The van der Waals surface area contributed by atoms with Gasteiger partial charge in [0.15, 0.2) is 0 Å². The third kappa shape index (κ3) is 1.76. The van der Waals surface area contributed by atoms with Gasteiger partial charge in [0, 0.05) is 13.1 Å². The number of aryl methyl sites for hydroxylation is 1. The molecule has 0 saturated carbocycles. The number of hydrogen-bond donors (Lipinski definition) is 2. The van der Waals surface area contributed by atoms with Gasteiger partial charge in [0.1, 0.15) is 6.17 Å². The number of nitrogens with one attached hydrogen (secondary N) is 2. The van der Waals surface area contributed by atoms with Crippen LogP contribution < -0.4 is 15.5 Å². The summed E-state index contributed by atoms with van der Waals surface area (Å²) >= 11 is 6.18. The van der Waals surface area contributed by atoms with Crippen molar-refractivity contribution < 1.29 is 4.79 Å². The Kier molecular flexibility index (Phi) is 2.92. The molecule has 3 rings (SSSR count). The Morgan fingerprint density at radius 1 is 1.39 bits per heavy atom. The van der Waals surface area contributed by atoms with E-state index in [9.17, 15) is 4.79 Å². The number of nitrogens with zero attached hydrogens (tertiary/aromatic N) is 1. The number of carbonyl (C=O) groups is 1. The summed E-state index contributed by atoms with van der Waals surface area (Å²) in [5.41, 5.74) is 2.73. The van der Waals surface area contributed by atoms with Crippen LogP contribution in [-0.4, -0.2) is 31.7 Å². The van der Waals surface area contributed by atoms with Crippen LogP contribution in [0.3, 0.4) is 0 Å². The van der Waals surface area contributed by atoms with Gasteiger partial charge in [0.05, 0.1) is 16.3 Å². The summed E-state index contributed by atoms with van der Waals surface area (Å²) in [6, 6.07) is 3.78. The SMILES string of the molecule is Cc1ccc(Cl)c2c1N1CCNCC[C@H]1NC2=O. The third-order valence-corrected chi connectivity index (χ3v) is 3.96. The largest absolute Gasteiger partial charge is 0.349 e. The average molecular weight is 266 g/mol. The summed E-state index contributed by atoms with van der Waals surface area (Å²) in [7, 11) is 0. The molecular weight excluding hydrogens is 250 g/mol. The van der Waals surface area contributed by atoms with Gasteiger partial charge in [0.25, 0.3) is 5.91 Å². The maximum absolute atomic E-state index is 12.2. The van der Waals surface area contributed by atoms with E-state index in [1.54, 1.807) is 6.07 Å². The molecule has 96 valence electrons. The van der Waals surface area contributed by atoms with Crippen molar-refractivity contribution in [3.05, 3.63) is 28.3 Å². The predicted octanol–water partition coefficient (Wildman–Crippen LogP) is 1.52. The van der Waals surface area contributed by atoms with Crippen molar-refractivity contribution in [2.75, 3.05) is 24.5 Å². The van der Waals surface area contributed by atoms with Gasteiger partial charge < -0.3 is 15.5 Å². The fourth-order valence-electron chi connectivity index (χ4n) is 2.77. The first kappa shape index (κ1) is 11.8. The minimum absolute atomic E-state index is 0.0538. The Morgan fingerprint density at radius 3 is 3.06 bits per heavy atom. The molecule has 4 nitrogen and oxygen atoms in total. The first-order valence-electron chi connectivity index (χ1n) is 6.26. The highest BCUT2D eigenvalue weighted by Gasteiger charge is 2.33. The van der Waals surface area contributed by atoms with Gasteiger partial charge in [-0.2, -0.15) is 0 Å². The first-order chi connectivity index (χ1) is 8.68. The lowest BCUT2D eigenvalue weighted by atomic mass is 10.0. The third-order valence-electron chi connectivity index (χ3n) is 3.64. The lowest BCUT2D eigenvalue weighted by Gasteiger charge is -2.39. The van der Waals surface area contributed by atoms with E-state index in [0.29, 0.717) is 10.6 Å². The number of amides is 1. The van der Waals surface area contributed by atoms with Crippen LogP contribution in [0.15, 0.2) is 12.1 Å². The normalized spacial score (nSPS) is 22.9. The lowest BCUT2D eigenvalue weighted by Crippen LogP contribution is -2.53. The van der Waals surface area contributed by atoms with Crippen LogP contribution in [0.4, 0.5) is 5.69 Å². The molecule has 1 saturated heterocycles. The fourth-order valence-corrected chi connectivity index (χ4v) is 3.01. The minimum atomic E-state index is -0.0538. The summed E-state index contributed by atoms with van der Waals surface area (Å²) in [6.07, 6.45) is 0.995. The Hall–Kier alpha value is -1.26. The van der Waals surface area contributed by atoms with E-state index in [4.69, 9.17) is 11.6 Å². The van der Waals surface area contributed by atoms with Gasteiger partial charge in [-0.15, -0.1) is 0 Å². The van der Waals surface area contributed by atoms with Crippen molar-refractivity contribution >= 4 is 23.2 Å². The van der Waals surface area contributed by atoms with E-state index in [1.165, 1.54) is 0 Å².